The Hall–Kier alpha value is -1.10. The number of amides is 1. The van der Waals surface area contributed by atoms with Gasteiger partial charge in [-0.3, -0.25) is 4.79 Å². The van der Waals surface area contributed by atoms with Gasteiger partial charge in [-0.2, -0.15) is 0 Å². The SMILES string of the molecule is CCOCC(C)(C)C(=O)N[C@H](C(=O)OC)C(C)C. The van der Waals surface area contributed by atoms with E-state index in [0.717, 1.165) is 0 Å². The number of ether oxygens (including phenoxy) is 2. The molecule has 5 nitrogen and oxygen atoms in total. The van der Waals surface area contributed by atoms with E-state index in [9.17, 15) is 9.59 Å². The molecule has 0 heterocycles. The molecule has 0 fully saturated rings. The highest BCUT2D eigenvalue weighted by molar-refractivity contribution is 5.87. The summed E-state index contributed by atoms with van der Waals surface area (Å²) in [7, 11) is 1.31. The molecule has 0 aromatic heterocycles. The summed E-state index contributed by atoms with van der Waals surface area (Å²) in [6, 6.07) is -0.622. The highest BCUT2D eigenvalue weighted by Gasteiger charge is 2.33. The molecule has 5 heteroatoms. The van der Waals surface area contributed by atoms with E-state index in [-0.39, 0.29) is 11.8 Å². The first-order chi connectivity index (χ1) is 8.26. The lowest BCUT2D eigenvalue weighted by molar-refractivity contribution is -0.148. The zero-order chi connectivity index (χ0) is 14.3. The summed E-state index contributed by atoms with van der Waals surface area (Å²) in [5.41, 5.74) is -0.669. The minimum Gasteiger partial charge on any atom is -0.467 e. The molecule has 0 aromatic carbocycles. The fraction of sp³-hybridized carbons (Fsp3) is 0.846. The second kappa shape index (κ2) is 7.36. The van der Waals surface area contributed by atoms with Gasteiger partial charge in [0.25, 0.3) is 0 Å². The van der Waals surface area contributed by atoms with Gasteiger partial charge in [0.15, 0.2) is 0 Å². The maximum Gasteiger partial charge on any atom is 0.328 e. The summed E-state index contributed by atoms with van der Waals surface area (Å²) in [5.74, 6) is -0.657. The van der Waals surface area contributed by atoms with Crippen LogP contribution in [0.2, 0.25) is 0 Å². The zero-order valence-corrected chi connectivity index (χ0v) is 12.2. The van der Waals surface area contributed by atoms with Gasteiger partial charge in [0.1, 0.15) is 6.04 Å². The smallest absolute Gasteiger partial charge is 0.328 e. The lowest BCUT2D eigenvalue weighted by Crippen LogP contribution is -2.50. The summed E-state index contributed by atoms with van der Waals surface area (Å²) in [5, 5.41) is 2.72. The third-order valence-corrected chi connectivity index (χ3v) is 2.69. The predicted molar refractivity (Wildman–Crippen MR) is 69.1 cm³/mol. The summed E-state index contributed by atoms with van der Waals surface area (Å²) >= 11 is 0. The Morgan fingerprint density at radius 3 is 2.22 bits per heavy atom. The molecule has 0 aliphatic carbocycles. The lowest BCUT2D eigenvalue weighted by atomic mass is 9.92. The van der Waals surface area contributed by atoms with E-state index in [1.54, 1.807) is 13.8 Å². The molecule has 0 unspecified atom stereocenters. The Bertz CT molecular complexity index is 287. The second-order valence-electron chi connectivity index (χ2n) is 5.24. The number of carbonyl (C=O) groups is 2. The molecule has 1 N–H and O–H groups in total. The number of carbonyl (C=O) groups excluding carboxylic acids is 2. The van der Waals surface area contributed by atoms with Gasteiger partial charge in [-0.05, 0) is 26.7 Å². The van der Waals surface area contributed by atoms with Crippen molar-refractivity contribution in [2.24, 2.45) is 11.3 Å². The van der Waals surface area contributed by atoms with Crippen LogP contribution in [-0.2, 0) is 19.1 Å². The largest absolute Gasteiger partial charge is 0.467 e. The van der Waals surface area contributed by atoms with Crippen LogP contribution in [0.5, 0.6) is 0 Å². The number of methoxy groups -OCH3 is 1. The second-order valence-corrected chi connectivity index (χ2v) is 5.24. The fourth-order valence-corrected chi connectivity index (χ4v) is 1.38. The Morgan fingerprint density at radius 2 is 1.83 bits per heavy atom. The number of hydrogen-bond acceptors (Lipinski definition) is 4. The van der Waals surface area contributed by atoms with Crippen LogP contribution in [0, 0.1) is 11.3 Å². The normalized spacial score (nSPS) is 13.3. The van der Waals surface area contributed by atoms with Crippen molar-refractivity contribution in [3.8, 4) is 0 Å². The lowest BCUT2D eigenvalue weighted by Gasteiger charge is -2.27. The van der Waals surface area contributed by atoms with Crippen molar-refractivity contribution in [3.05, 3.63) is 0 Å². The fourth-order valence-electron chi connectivity index (χ4n) is 1.38. The molecule has 0 saturated carbocycles. The molecule has 0 spiro atoms. The van der Waals surface area contributed by atoms with E-state index in [2.05, 4.69) is 10.1 Å². The van der Waals surface area contributed by atoms with E-state index in [4.69, 9.17) is 4.74 Å². The Balaban J connectivity index is 4.64. The van der Waals surface area contributed by atoms with Crippen molar-refractivity contribution in [2.75, 3.05) is 20.3 Å². The van der Waals surface area contributed by atoms with Gasteiger partial charge in [0.2, 0.25) is 5.91 Å². The van der Waals surface area contributed by atoms with Gasteiger partial charge in [-0.1, -0.05) is 13.8 Å². The van der Waals surface area contributed by atoms with Crippen molar-refractivity contribution in [3.63, 3.8) is 0 Å². The molecule has 0 aliphatic rings. The molecular weight excluding hydrogens is 234 g/mol. The first kappa shape index (κ1) is 16.9. The molecule has 18 heavy (non-hydrogen) atoms. The first-order valence-electron chi connectivity index (χ1n) is 6.22. The van der Waals surface area contributed by atoms with Crippen LogP contribution in [0.15, 0.2) is 0 Å². The van der Waals surface area contributed by atoms with Crippen LogP contribution >= 0.6 is 0 Å². The maximum absolute atomic E-state index is 12.1. The van der Waals surface area contributed by atoms with E-state index in [1.807, 2.05) is 20.8 Å². The van der Waals surface area contributed by atoms with E-state index in [1.165, 1.54) is 7.11 Å². The van der Waals surface area contributed by atoms with Crippen LogP contribution in [0.3, 0.4) is 0 Å². The number of nitrogens with one attached hydrogen (secondary N) is 1. The van der Waals surface area contributed by atoms with Crippen molar-refractivity contribution >= 4 is 11.9 Å². The van der Waals surface area contributed by atoms with E-state index < -0.39 is 17.4 Å². The molecule has 1 amide bonds. The van der Waals surface area contributed by atoms with Gasteiger partial charge in [0.05, 0.1) is 19.1 Å². The predicted octanol–water partition coefficient (Wildman–Crippen LogP) is 1.36. The van der Waals surface area contributed by atoms with E-state index in [0.29, 0.717) is 13.2 Å². The highest BCUT2D eigenvalue weighted by atomic mass is 16.5. The molecule has 0 radical (unpaired) electrons. The summed E-state index contributed by atoms with van der Waals surface area (Å²) < 4.78 is 9.95. The minimum absolute atomic E-state index is 0.0238. The topological polar surface area (TPSA) is 64.6 Å². The molecule has 0 rings (SSSR count). The van der Waals surface area contributed by atoms with E-state index >= 15 is 0 Å². The van der Waals surface area contributed by atoms with Crippen LogP contribution < -0.4 is 5.32 Å². The minimum atomic E-state index is -0.669. The monoisotopic (exact) mass is 259 g/mol. The third kappa shape index (κ3) is 5.04. The average Bonchev–Trinajstić information content (AvgIpc) is 2.31. The van der Waals surface area contributed by atoms with Crippen molar-refractivity contribution < 1.29 is 19.1 Å². The van der Waals surface area contributed by atoms with Crippen molar-refractivity contribution in [1.82, 2.24) is 5.32 Å². The van der Waals surface area contributed by atoms with Gasteiger partial charge in [-0.25, -0.2) is 4.79 Å². The first-order valence-corrected chi connectivity index (χ1v) is 6.22. The van der Waals surface area contributed by atoms with Gasteiger partial charge >= 0.3 is 5.97 Å². The Morgan fingerprint density at radius 1 is 1.28 bits per heavy atom. The Labute approximate surface area is 109 Å². The number of rotatable bonds is 7. The number of esters is 1. The van der Waals surface area contributed by atoms with Gasteiger partial charge < -0.3 is 14.8 Å². The quantitative estimate of drug-likeness (QED) is 0.701. The maximum atomic E-state index is 12.1. The van der Waals surface area contributed by atoms with Crippen molar-refractivity contribution in [2.45, 2.75) is 40.7 Å². The van der Waals surface area contributed by atoms with Gasteiger partial charge in [0, 0.05) is 6.61 Å². The van der Waals surface area contributed by atoms with Crippen molar-refractivity contribution in [1.29, 1.82) is 0 Å². The standard InChI is InChI=1S/C13H25NO4/c1-7-18-8-13(4,5)12(16)14-10(9(2)3)11(15)17-6/h9-10H,7-8H2,1-6H3,(H,14,16)/t10-/m0/s1. The molecule has 0 saturated heterocycles. The van der Waals surface area contributed by atoms with Crippen LogP contribution in [0.1, 0.15) is 34.6 Å². The summed E-state index contributed by atoms with van der Waals surface area (Å²) in [6.45, 7) is 10.0. The molecule has 1 atom stereocenters. The zero-order valence-electron chi connectivity index (χ0n) is 12.2. The summed E-state index contributed by atoms with van der Waals surface area (Å²) in [4.78, 5) is 23.7. The highest BCUT2D eigenvalue weighted by Crippen LogP contribution is 2.17. The number of hydrogen-bond donors (Lipinski definition) is 1. The third-order valence-electron chi connectivity index (χ3n) is 2.69. The Kier molecular flexibility index (Phi) is 6.91. The summed E-state index contributed by atoms with van der Waals surface area (Å²) in [6.07, 6.45) is 0. The van der Waals surface area contributed by atoms with Crippen LogP contribution in [0.25, 0.3) is 0 Å². The van der Waals surface area contributed by atoms with Gasteiger partial charge in [-0.15, -0.1) is 0 Å². The van der Waals surface area contributed by atoms with Crippen LogP contribution in [0.4, 0.5) is 0 Å². The molecule has 0 aromatic rings. The molecule has 106 valence electrons. The molecule has 0 bridgehead atoms. The van der Waals surface area contributed by atoms with Crippen LogP contribution in [-0.4, -0.2) is 38.2 Å². The average molecular weight is 259 g/mol. The molecule has 0 aliphatic heterocycles. The molecular formula is C13H25NO4.